The average Bonchev–Trinajstić information content (AvgIpc) is 2.74. The van der Waals surface area contributed by atoms with Gasteiger partial charge in [-0.2, -0.15) is 5.10 Å². The fraction of sp³-hybridized carbons (Fsp3) is 0.769. The third kappa shape index (κ3) is 3.82. The summed E-state index contributed by atoms with van der Waals surface area (Å²) in [6.07, 6.45) is 4.23. The normalized spacial score (nSPS) is 17.8. The van der Waals surface area contributed by atoms with Crippen molar-refractivity contribution in [1.82, 2.24) is 20.4 Å². The predicted octanol–water partition coefficient (Wildman–Crippen LogP) is 1.06. The van der Waals surface area contributed by atoms with Crippen LogP contribution in [0.5, 0.6) is 0 Å². The molecule has 2 heterocycles. The van der Waals surface area contributed by atoms with Crippen LogP contribution in [0.1, 0.15) is 25.1 Å². The van der Waals surface area contributed by atoms with E-state index in [2.05, 4.69) is 34.3 Å². The van der Waals surface area contributed by atoms with Crippen molar-refractivity contribution in [2.45, 2.75) is 26.7 Å². The number of nitrogens with one attached hydrogen (secondary N) is 2. The van der Waals surface area contributed by atoms with E-state index in [0.717, 1.165) is 32.5 Å². The molecule has 0 atom stereocenters. The van der Waals surface area contributed by atoms with Crippen molar-refractivity contribution in [3.05, 3.63) is 17.5 Å². The quantitative estimate of drug-likeness (QED) is 0.803. The topological polar surface area (TPSA) is 44.0 Å². The van der Waals surface area contributed by atoms with Gasteiger partial charge in [0.2, 0.25) is 0 Å². The van der Waals surface area contributed by atoms with Gasteiger partial charge in [-0.3, -0.25) is 5.10 Å². The van der Waals surface area contributed by atoms with Gasteiger partial charge in [-0.1, -0.05) is 13.8 Å². The van der Waals surface area contributed by atoms with Crippen LogP contribution in [0.25, 0.3) is 0 Å². The second-order valence-corrected chi connectivity index (χ2v) is 5.31. The number of H-pyrrole nitrogens is 1. The molecule has 1 aromatic heterocycles. The first-order valence-corrected chi connectivity index (χ1v) is 6.70. The molecule has 0 radical (unpaired) electrons. The molecular formula is C13H24N4. The van der Waals surface area contributed by atoms with Gasteiger partial charge in [0.05, 0.1) is 6.20 Å². The molecule has 1 saturated heterocycles. The van der Waals surface area contributed by atoms with Crippen LogP contribution in [0, 0.1) is 5.92 Å². The highest BCUT2D eigenvalue weighted by Crippen LogP contribution is 2.12. The molecule has 0 saturated carbocycles. The Kier molecular flexibility index (Phi) is 4.57. The zero-order chi connectivity index (χ0) is 12.1. The monoisotopic (exact) mass is 236 g/mol. The number of hydrogen-bond donors (Lipinski definition) is 2. The average molecular weight is 236 g/mol. The lowest BCUT2D eigenvalue weighted by molar-refractivity contribution is 0.243. The summed E-state index contributed by atoms with van der Waals surface area (Å²) in [7, 11) is 0. The number of piperazine rings is 1. The maximum absolute atomic E-state index is 4.18. The van der Waals surface area contributed by atoms with E-state index in [1.54, 1.807) is 0 Å². The van der Waals surface area contributed by atoms with Crippen molar-refractivity contribution in [3.63, 3.8) is 0 Å². The van der Waals surface area contributed by atoms with Gasteiger partial charge < -0.3 is 10.2 Å². The highest BCUT2D eigenvalue weighted by molar-refractivity contribution is 5.17. The van der Waals surface area contributed by atoms with E-state index in [0.29, 0.717) is 5.92 Å². The van der Waals surface area contributed by atoms with Crippen molar-refractivity contribution in [3.8, 4) is 0 Å². The molecule has 0 aliphatic carbocycles. The smallest absolute Gasteiger partial charge is 0.0522 e. The second kappa shape index (κ2) is 6.17. The second-order valence-electron chi connectivity index (χ2n) is 5.31. The number of hydrogen-bond acceptors (Lipinski definition) is 3. The van der Waals surface area contributed by atoms with Crippen LogP contribution < -0.4 is 5.32 Å². The van der Waals surface area contributed by atoms with Crippen LogP contribution in [0.3, 0.4) is 0 Å². The Bertz CT molecular complexity index is 326. The third-order valence-electron chi connectivity index (χ3n) is 3.33. The highest BCUT2D eigenvalue weighted by atomic mass is 15.2. The van der Waals surface area contributed by atoms with Gasteiger partial charge in [-0.15, -0.1) is 0 Å². The highest BCUT2D eigenvalue weighted by Gasteiger charge is 2.12. The molecule has 1 aliphatic rings. The molecule has 2 N–H and O–H groups in total. The summed E-state index contributed by atoms with van der Waals surface area (Å²) in [5.74, 6) is 0.688. The molecule has 0 unspecified atom stereocenters. The number of nitrogens with zero attached hydrogens (tertiary/aromatic N) is 2. The molecule has 1 fully saturated rings. The van der Waals surface area contributed by atoms with Crippen LogP contribution in [-0.4, -0.2) is 47.8 Å². The molecule has 0 bridgehead atoms. The molecule has 96 valence electrons. The lowest BCUT2D eigenvalue weighted by Crippen LogP contribution is -2.44. The Hall–Kier alpha value is -0.870. The van der Waals surface area contributed by atoms with Crippen molar-refractivity contribution < 1.29 is 0 Å². The minimum absolute atomic E-state index is 0.688. The molecule has 1 aliphatic heterocycles. The summed E-state index contributed by atoms with van der Waals surface area (Å²) < 4.78 is 0. The van der Waals surface area contributed by atoms with Gasteiger partial charge in [0, 0.05) is 38.4 Å². The number of aromatic amines is 1. The summed E-state index contributed by atoms with van der Waals surface area (Å²) in [4.78, 5) is 2.53. The standard InChI is InChI=1S/C13H24N4/c1-11(2)9-13-12(10-15-16-13)3-6-17-7-4-14-5-8-17/h10-11,14H,3-9H2,1-2H3,(H,15,16). The first-order chi connectivity index (χ1) is 8.25. The van der Waals surface area contributed by atoms with E-state index in [-0.39, 0.29) is 0 Å². The van der Waals surface area contributed by atoms with Crippen molar-refractivity contribution in [1.29, 1.82) is 0 Å². The maximum Gasteiger partial charge on any atom is 0.0522 e. The van der Waals surface area contributed by atoms with Crippen molar-refractivity contribution in [2.24, 2.45) is 5.92 Å². The summed E-state index contributed by atoms with van der Waals surface area (Å²) in [5, 5.41) is 10.7. The van der Waals surface area contributed by atoms with Gasteiger partial charge in [-0.25, -0.2) is 0 Å². The fourth-order valence-corrected chi connectivity index (χ4v) is 2.35. The maximum atomic E-state index is 4.18. The van der Waals surface area contributed by atoms with Gasteiger partial charge in [0.15, 0.2) is 0 Å². The Labute approximate surface area is 104 Å². The molecule has 0 aromatic carbocycles. The molecule has 2 rings (SSSR count). The van der Waals surface area contributed by atoms with E-state index in [1.165, 1.54) is 24.3 Å². The Morgan fingerprint density at radius 3 is 2.82 bits per heavy atom. The van der Waals surface area contributed by atoms with E-state index >= 15 is 0 Å². The van der Waals surface area contributed by atoms with Crippen LogP contribution in [0.4, 0.5) is 0 Å². The summed E-state index contributed by atoms with van der Waals surface area (Å²) >= 11 is 0. The van der Waals surface area contributed by atoms with E-state index in [4.69, 9.17) is 0 Å². The first-order valence-electron chi connectivity index (χ1n) is 6.70. The van der Waals surface area contributed by atoms with Crippen molar-refractivity contribution >= 4 is 0 Å². The third-order valence-corrected chi connectivity index (χ3v) is 3.33. The zero-order valence-corrected chi connectivity index (χ0v) is 11.0. The molecular weight excluding hydrogens is 212 g/mol. The van der Waals surface area contributed by atoms with Crippen molar-refractivity contribution in [2.75, 3.05) is 32.7 Å². The Balaban J connectivity index is 1.83. The lowest BCUT2D eigenvalue weighted by atomic mass is 10.0. The molecule has 1 aromatic rings. The van der Waals surface area contributed by atoms with E-state index in [9.17, 15) is 0 Å². The number of aromatic nitrogens is 2. The summed E-state index contributed by atoms with van der Waals surface area (Å²) in [6.45, 7) is 10.3. The molecule has 17 heavy (non-hydrogen) atoms. The lowest BCUT2D eigenvalue weighted by Gasteiger charge is -2.27. The van der Waals surface area contributed by atoms with Gasteiger partial charge in [0.25, 0.3) is 0 Å². The fourth-order valence-electron chi connectivity index (χ4n) is 2.35. The zero-order valence-electron chi connectivity index (χ0n) is 11.0. The Morgan fingerprint density at radius 2 is 2.12 bits per heavy atom. The van der Waals surface area contributed by atoms with Gasteiger partial charge in [-0.05, 0) is 24.3 Å². The molecule has 4 nitrogen and oxygen atoms in total. The van der Waals surface area contributed by atoms with Gasteiger partial charge in [0.1, 0.15) is 0 Å². The Morgan fingerprint density at radius 1 is 1.35 bits per heavy atom. The minimum atomic E-state index is 0.688. The first kappa shape index (κ1) is 12.6. The van der Waals surface area contributed by atoms with Crippen LogP contribution >= 0.6 is 0 Å². The number of rotatable bonds is 5. The summed E-state index contributed by atoms with van der Waals surface area (Å²) in [6, 6.07) is 0. The SMILES string of the molecule is CC(C)Cc1[nH]ncc1CCN1CCNCC1. The largest absolute Gasteiger partial charge is 0.314 e. The predicted molar refractivity (Wildman–Crippen MR) is 70.1 cm³/mol. The molecule has 0 spiro atoms. The van der Waals surface area contributed by atoms with E-state index in [1.807, 2.05) is 6.20 Å². The molecule has 0 amide bonds. The van der Waals surface area contributed by atoms with Crippen LogP contribution in [0.15, 0.2) is 6.20 Å². The van der Waals surface area contributed by atoms with E-state index < -0.39 is 0 Å². The van der Waals surface area contributed by atoms with Crippen LogP contribution in [-0.2, 0) is 12.8 Å². The van der Waals surface area contributed by atoms with Gasteiger partial charge >= 0.3 is 0 Å². The summed E-state index contributed by atoms with van der Waals surface area (Å²) in [5.41, 5.74) is 2.73. The van der Waals surface area contributed by atoms with Crippen LogP contribution in [0.2, 0.25) is 0 Å². The molecule has 4 heteroatoms. The minimum Gasteiger partial charge on any atom is -0.314 e.